The molecule has 7 nitrogen and oxygen atoms in total. The normalized spacial score (nSPS) is 17.7. The first-order valence-corrected chi connectivity index (χ1v) is 11.8. The quantitative estimate of drug-likeness (QED) is 0.313. The molecule has 7 heteroatoms. The van der Waals surface area contributed by atoms with Crippen LogP contribution >= 0.6 is 0 Å². The van der Waals surface area contributed by atoms with Crippen LogP contribution in [-0.2, 0) is 19.7 Å². The van der Waals surface area contributed by atoms with Crippen molar-refractivity contribution in [1.29, 1.82) is 0 Å². The molecule has 1 aliphatic heterocycles. The number of hydrogen-bond acceptors (Lipinski definition) is 6. The number of aliphatic hydroxyl groups excluding tert-OH is 1. The Labute approximate surface area is 207 Å². The molecule has 0 aromatic heterocycles. The molecule has 1 N–H and O–H groups in total. The summed E-state index contributed by atoms with van der Waals surface area (Å²) >= 11 is 0. The monoisotopic (exact) mass is 481 g/mol. The molecule has 1 aliphatic rings. The zero-order chi connectivity index (χ0) is 25.8. The Bertz CT molecular complexity index is 1110. The largest absolute Gasteiger partial charge is 0.507 e. The standard InChI is InChI=1S/C28H35NO6/c1-7-14-35-20-10-8-9-18(16-20)24-23(26(31)27(32)29(24)13-15-33-5)25(30)19-11-12-22(34-6)21(17-19)28(2,3)4/h8-12,16-17,24,30H,7,13-15H2,1-6H3/b25-23+. The van der Waals surface area contributed by atoms with Gasteiger partial charge in [0.2, 0.25) is 0 Å². The van der Waals surface area contributed by atoms with Gasteiger partial charge in [0.25, 0.3) is 11.7 Å². The first-order chi connectivity index (χ1) is 16.6. The van der Waals surface area contributed by atoms with Crippen LogP contribution in [0.1, 0.15) is 56.8 Å². The lowest BCUT2D eigenvalue weighted by atomic mass is 9.84. The highest BCUT2D eigenvalue weighted by atomic mass is 16.5. The van der Waals surface area contributed by atoms with Crippen LogP contribution in [-0.4, -0.2) is 55.7 Å². The van der Waals surface area contributed by atoms with Gasteiger partial charge in [0, 0.05) is 24.8 Å². The Morgan fingerprint density at radius 3 is 2.43 bits per heavy atom. The second-order valence-corrected chi connectivity index (χ2v) is 9.57. The molecule has 1 atom stereocenters. The topological polar surface area (TPSA) is 85.3 Å². The number of amides is 1. The van der Waals surface area contributed by atoms with Gasteiger partial charge in [-0.2, -0.15) is 0 Å². The molecule has 0 saturated carbocycles. The number of ether oxygens (including phenoxy) is 3. The SMILES string of the molecule is CCCOc1cccc(C2/C(=C(\O)c3ccc(OC)c(C(C)(C)C)c3)C(=O)C(=O)N2CCOC)c1. The van der Waals surface area contributed by atoms with Gasteiger partial charge in [0.15, 0.2) is 0 Å². The predicted molar refractivity (Wildman–Crippen MR) is 135 cm³/mol. The van der Waals surface area contributed by atoms with Gasteiger partial charge in [-0.05, 0) is 47.7 Å². The molecule has 1 heterocycles. The molecule has 2 aromatic carbocycles. The molecule has 1 fully saturated rings. The Kier molecular flexibility index (Phi) is 8.22. The van der Waals surface area contributed by atoms with Gasteiger partial charge in [-0.1, -0.05) is 39.8 Å². The van der Waals surface area contributed by atoms with Crippen LogP contribution < -0.4 is 9.47 Å². The number of Topliss-reactive ketones (excluding diaryl/α,β-unsaturated/α-hetero) is 1. The average Bonchev–Trinajstić information content (AvgIpc) is 3.09. The van der Waals surface area contributed by atoms with Crippen LogP contribution in [0, 0.1) is 0 Å². The lowest BCUT2D eigenvalue weighted by Gasteiger charge is -2.26. The molecule has 35 heavy (non-hydrogen) atoms. The van der Waals surface area contributed by atoms with E-state index in [1.807, 2.05) is 58.0 Å². The lowest BCUT2D eigenvalue weighted by molar-refractivity contribution is -0.140. The van der Waals surface area contributed by atoms with Gasteiger partial charge in [-0.3, -0.25) is 9.59 Å². The molecule has 1 saturated heterocycles. The number of carbonyl (C=O) groups is 2. The first-order valence-electron chi connectivity index (χ1n) is 11.8. The van der Waals surface area contributed by atoms with Crippen LogP contribution in [0.15, 0.2) is 48.0 Å². The maximum atomic E-state index is 13.2. The summed E-state index contributed by atoms with van der Waals surface area (Å²) in [7, 11) is 3.13. The number of ketones is 1. The second-order valence-electron chi connectivity index (χ2n) is 9.57. The number of aliphatic hydroxyl groups is 1. The van der Waals surface area contributed by atoms with Crippen molar-refractivity contribution in [1.82, 2.24) is 4.90 Å². The third-order valence-corrected chi connectivity index (χ3v) is 6.00. The van der Waals surface area contributed by atoms with Crippen molar-refractivity contribution in [2.75, 3.05) is 34.0 Å². The summed E-state index contributed by atoms with van der Waals surface area (Å²) in [5.41, 5.74) is 1.79. The fraction of sp³-hybridized carbons (Fsp3) is 0.429. The van der Waals surface area contributed by atoms with E-state index in [-0.39, 0.29) is 29.9 Å². The first kappa shape index (κ1) is 26.3. The Morgan fingerprint density at radius 2 is 1.80 bits per heavy atom. The van der Waals surface area contributed by atoms with Crippen molar-refractivity contribution in [2.24, 2.45) is 0 Å². The van der Waals surface area contributed by atoms with E-state index in [9.17, 15) is 14.7 Å². The zero-order valence-corrected chi connectivity index (χ0v) is 21.4. The van der Waals surface area contributed by atoms with Crippen molar-refractivity contribution in [3.05, 3.63) is 64.7 Å². The molecule has 1 unspecified atom stereocenters. The lowest BCUT2D eigenvalue weighted by Crippen LogP contribution is -2.32. The average molecular weight is 482 g/mol. The van der Waals surface area contributed by atoms with E-state index in [2.05, 4.69) is 0 Å². The summed E-state index contributed by atoms with van der Waals surface area (Å²) < 4.78 is 16.5. The highest BCUT2D eigenvalue weighted by Crippen LogP contribution is 2.41. The van der Waals surface area contributed by atoms with Crippen molar-refractivity contribution >= 4 is 17.4 Å². The molecule has 0 radical (unpaired) electrons. The van der Waals surface area contributed by atoms with Crippen molar-refractivity contribution in [3.8, 4) is 11.5 Å². The number of hydrogen-bond donors (Lipinski definition) is 1. The van der Waals surface area contributed by atoms with Crippen LogP contribution in [0.25, 0.3) is 5.76 Å². The van der Waals surface area contributed by atoms with Gasteiger partial charge in [0.05, 0.1) is 31.9 Å². The zero-order valence-electron chi connectivity index (χ0n) is 21.4. The van der Waals surface area contributed by atoms with Gasteiger partial charge in [0.1, 0.15) is 17.3 Å². The predicted octanol–water partition coefficient (Wildman–Crippen LogP) is 4.85. The summed E-state index contributed by atoms with van der Waals surface area (Å²) in [5.74, 6) is -0.288. The molecular weight excluding hydrogens is 446 g/mol. The van der Waals surface area contributed by atoms with Crippen molar-refractivity contribution in [2.45, 2.75) is 45.6 Å². The molecule has 2 aromatic rings. The second kappa shape index (κ2) is 11.0. The molecule has 0 bridgehead atoms. The van der Waals surface area contributed by atoms with Gasteiger partial charge in [-0.25, -0.2) is 0 Å². The maximum Gasteiger partial charge on any atom is 0.295 e. The Morgan fingerprint density at radius 1 is 1.06 bits per heavy atom. The van der Waals surface area contributed by atoms with E-state index in [1.54, 1.807) is 19.2 Å². The Balaban J connectivity index is 2.19. The number of rotatable bonds is 9. The molecule has 1 amide bonds. The number of likely N-dealkylation sites (tertiary alicyclic amines) is 1. The van der Waals surface area contributed by atoms with Crippen molar-refractivity contribution in [3.63, 3.8) is 0 Å². The smallest absolute Gasteiger partial charge is 0.295 e. The highest BCUT2D eigenvalue weighted by Gasteiger charge is 2.46. The van der Waals surface area contributed by atoms with E-state index in [0.29, 0.717) is 29.2 Å². The van der Waals surface area contributed by atoms with E-state index >= 15 is 0 Å². The van der Waals surface area contributed by atoms with Gasteiger partial charge in [-0.15, -0.1) is 0 Å². The minimum atomic E-state index is -0.768. The van der Waals surface area contributed by atoms with Crippen LogP contribution in [0.3, 0.4) is 0 Å². The number of methoxy groups -OCH3 is 2. The molecule has 3 rings (SSSR count). The van der Waals surface area contributed by atoms with Crippen molar-refractivity contribution < 1.29 is 28.9 Å². The van der Waals surface area contributed by atoms with E-state index in [1.165, 1.54) is 12.0 Å². The number of benzene rings is 2. The van der Waals surface area contributed by atoms with Crippen LogP contribution in [0.5, 0.6) is 11.5 Å². The fourth-order valence-electron chi connectivity index (χ4n) is 4.24. The third kappa shape index (κ3) is 5.51. The minimum absolute atomic E-state index is 0.0452. The summed E-state index contributed by atoms with van der Waals surface area (Å²) in [5, 5.41) is 11.4. The van der Waals surface area contributed by atoms with Crippen LogP contribution in [0.4, 0.5) is 0 Å². The maximum absolute atomic E-state index is 13.2. The molecule has 0 spiro atoms. The molecular formula is C28H35NO6. The minimum Gasteiger partial charge on any atom is -0.507 e. The Hall–Kier alpha value is -3.32. The summed E-state index contributed by atoms with van der Waals surface area (Å²) in [6.45, 7) is 9.16. The number of carbonyl (C=O) groups excluding carboxylic acids is 2. The van der Waals surface area contributed by atoms with Crippen LogP contribution in [0.2, 0.25) is 0 Å². The van der Waals surface area contributed by atoms with E-state index < -0.39 is 17.7 Å². The highest BCUT2D eigenvalue weighted by molar-refractivity contribution is 6.46. The van der Waals surface area contributed by atoms with Gasteiger partial charge >= 0.3 is 0 Å². The van der Waals surface area contributed by atoms with E-state index in [0.717, 1.165) is 12.0 Å². The number of nitrogens with zero attached hydrogens (tertiary/aromatic N) is 1. The molecule has 0 aliphatic carbocycles. The van der Waals surface area contributed by atoms with Gasteiger partial charge < -0.3 is 24.2 Å². The molecule has 188 valence electrons. The van der Waals surface area contributed by atoms with E-state index in [4.69, 9.17) is 14.2 Å². The fourth-order valence-corrected chi connectivity index (χ4v) is 4.24. The summed E-state index contributed by atoms with van der Waals surface area (Å²) in [6.07, 6.45) is 0.851. The third-order valence-electron chi connectivity index (χ3n) is 6.00. The summed E-state index contributed by atoms with van der Waals surface area (Å²) in [4.78, 5) is 27.7. The summed E-state index contributed by atoms with van der Waals surface area (Å²) in [6, 6.07) is 11.8.